The number of hydrogen-bond donors (Lipinski definition) is 1. The van der Waals surface area contributed by atoms with Crippen molar-refractivity contribution in [2.24, 2.45) is 11.7 Å². The summed E-state index contributed by atoms with van der Waals surface area (Å²) in [5.41, 5.74) is 5.47. The fraction of sp³-hybridized carbons (Fsp3) is 1.00. The molecular weight excluding hydrogens is 248 g/mol. The molecule has 0 amide bonds. The average molecular weight is 271 g/mol. The Bertz CT molecular complexity index is 289. The van der Waals surface area contributed by atoms with Crippen LogP contribution < -0.4 is 5.73 Å². The molecule has 0 bridgehead atoms. The predicted octanol–water partition coefficient (Wildman–Crippen LogP) is 1.21. The molecule has 0 aromatic heterocycles. The molecular formula is C10H23ClN2O2S. The molecule has 1 fully saturated rings. The normalized spacial score (nSPS) is 19.8. The summed E-state index contributed by atoms with van der Waals surface area (Å²) in [6.45, 7) is 2.21. The van der Waals surface area contributed by atoms with E-state index in [1.807, 2.05) is 6.92 Å². The number of hydrogen-bond acceptors (Lipinski definition) is 3. The van der Waals surface area contributed by atoms with Gasteiger partial charge >= 0.3 is 0 Å². The largest absolute Gasteiger partial charge is 0.329 e. The third kappa shape index (κ3) is 4.20. The number of nitrogens with two attached hydrogens (primary N) is 1. The van der Waals surface area contributed by atoms with Gasteiger partial charge in [0.1, 0.15) is 0 Å². The summed E-state index contributed by atoms with van der Waals surface area (Å²) in [7, 11) is -1.47. The predicted molar refractivity (Wildman–Crippen MR) is 69.3 cm³/mol. The number of sulfonamides is 1. The lowest BCUT2D eigenvalue weighted by Gasteiger charge is -2.24. The molecule has 0 aromatic rings. The highest BCUT2D eigenvalue weighted by Crippen LogP contribution is 2.26. The van der Waals surface area contributed by atoms with Gasteiger partial charge in [-0.05, 0) is 25.7 Å². The molecule has 0 radical (unpaired) electrons. The van der Waals surface area contributed by atoms with Gasteiger partial charge in [0.25, 0.3) is 0 Å². The van der Waals surface area contributed by atoms with Gasteiger partial charge < -0.3 is 5.73 Å². The van der Waals surface area contributed by atoms with Crippen molar-refractivity contribution in [1.29, 1.82) is 0 Å². The first-order valence-corrected chi connectivity index (χ1v) is 7.24. The van der Waals surface area contributed by atoms with E-state index in [0.29, 0.717) is 18.2 Å². The monoisotopic (exact) mass is 270 g/mol. The Kier molecular flexibility index (Phi) is 6.86. The lowest BCUT2D eigenvalue weighted by atomic mass is 10.1. The van der Waals surface area contributed by atoms with Crippen LogP contribution in [0.2, 0.25) is 0 Å². The Morgan fingerprint density at radius 2 is 1.88 bits per heavy atom. The molecule has 4 nitrogen and oxygen atoms in total. The summed E-state index contributed by atoms with van der Waals surface area (Å²) in [6, 6.07) is -0.101. The van der Waals surface area contributed by atoms with Gasteiger partial charge in [0.05, 0.1) is 5.75 Å². The Morgan fingerprint density at radius 3 is 2.31 bits per heavy atom. The quantitative estimate of drug-likeness (QED) is 0.817. The highest BCUT2D eigenvalue weighted by Gasteiger charge is 2.27. The summed E-state index contributed by atoms with van der Waals surface area (Å²) in [6.07, 6.45) is 4.47. The van der Waals surface area contributed by atoms with Gasteiger partial charge in [-0.3, -0.25) is 0 Å². The lowest BCUT2D eigenvalue weighted by Crippen LogP contribution is -2.41. The summed E-state index contributed by atoms with van der Waals surface area (Å²) in [5.74, 6) is 0.663. The maximum Gasteiger partial charge on any atom is 0.214 e. The summed E-state index contributed by atoms with van der Waals surface area (Å²) in [5, 5.41) is 0. The van der Waals surface area contributed by atoms with Crippen LogP contribution in [0.15, 0.2) is 0 Å². The van der Waals surface area contributed by atoms with Gasteiger partial charge in [-0.15, -0.1) is 12.4 Å². The first kappa shape index (κ1) is 16.2. The molecule has 98 valence electrons. The van der Waals surface area contributed by atoms with Crippen LogP contribution in [-0.4, -0.2) is 38.1 Å². The topological polar surface area (TPSA) is 63.4 Å². The van der Waals surface area contributed by atoms with Crippen molar-refractivity contribution in [2.45, 2.75) is 38.6 Å². The fourth-order valence-electron chi connectivity index (χ4n) is 2.02. The van der Waals surface area contributed by atoms with Crippen molar-refractivity contribution >= 4 is 22.4 Å². The Labute approximate surface area is 105 Å². The van der Waals surface area contributed by atoms with Gasteiger partial charge in [0.2, 0.25) is 10.0 Å². The summed E-state index contributed by atoms with van der Waals surface area (Å²) < 4.78 is 25.3. The van der Waals surface area contributed by atoms with Crippen molar-refractivity contribution < 1.29 is 8.42 Å². The number of likely N-dealkylation sites (N-methyl/N-ethyl adjacent to an activating group) is 1. The van der Waals surface area contributed by atoms with E-state index in [1.54, 1.807) is 7.05 Å². The Balaban J connectivity index is 0.00000225. The van der Waals surface area contributed by atoms with E-state index >= 15 is 0 Å². The molecule has 0 aromatic carbocycles. The third-order valence-electron chi connectivity index (χ3n) is 3.32. The lowest BCUT2D eigenvalue weighted by molar-refractivity contribution is 0.389. The maximum absolute atomic E-state index is 12.0. The zero-order valence-electron chi connectivity index (χ0n) is 10.1. The molecule has 0 spiro atoms. The molecule has 1 aliphatic carbocycles. The SMILES string of the molecule is CC(CN)N(C)S(=O)(=O)CC1CCCC1.Cl. The van der Waals surface area contributed by atoms with Gasteiger partial charge in [0, 0.05) is 19.6 Å². The highest BCUT2D eigenvalue weighted by atomic mass is 35.5. The molecule has 1 unspecified atom stereocenters. The van der Waals surface area contributed by atoms with E-state index < -0.39 is 10.0 Å². The van der Waals surface area contributed by atoms with Gasteiger partial charge in [-0.25, -0.2) is 12.7 Å². The maximum atomic E-state index is 12.0. The van der Waals surface area contributed by atoms with Gasteiger partial charge in [0.15, 0.2) is 0 Å². The number of halogens is 1. The van der Waals surface area contributed by atoms with Crippen molar-refractivity contribution in [1.82, 2.24) is 4.31 Å². The highest BCUT2D eigenvalue weighted by molar-refractivity contribution is 7.89. The molecule has 1 rings (SSSR count). The number of nitrogens with zero attached hydrogens (tertiary/aromatic N) is 1. The van der Waals surface area contributed by atoms with Crippen LogP contribution in [0.5, 0.6) is 0 Å². The van der Waals surface area contributed by atoms with Crippen molar-refractivity contribution in [2.75, 3.05) is 19.3 Å². The minimum absolute atomic E-state index is 0. The van der Waals surface area contributed by atoms with Gasteiger partial charge in [-0.2, -0.15) is 0 Å². The van der Waals surface area contributed by atoms with Crippen molar-refractivity contribution in [3.8, 4) is 0 Å². The van der Waals surface area contributed by atoms with Crippen LogP contribution in [0.1, 0.15) is 32.6 Å². The molecule has 16 heavy (non-hydrogen) atoms. The zero-order valence-corrected chi connectivity index (χ0v) is 11.7. The molecule has 0 aliphatic heterocycles. The second kappa shape index (κ2) is 6.79. The average Bonchev–Trinajstić information content (AvgIpc) is 2.67. The molecule has 0 saturated heterocycles. The summed E-state index contributed by atoms with van der Waals surface area (Å²) >= 11 is 0. The smallest absolute Gasteiger partial charge is 0.214 e. The van der Waals surface area contributed by atoms with Crippen LogP contribution >= 0.6 is 12.4 Å². The standard InChI is InChI=1S/C10H22N2O2S.ClH/c1-9(7-11)12(2)15(13,14)8-10-5-3-4-6-10;/h9-10H,3-8,11H2,1-2H3;1H. The van der Waals surface area contributed by atoms with E-state index in [2.05, 4.69) is 0 Å². The van der Waals surface area contributed by atoms with Crippen LogP contribution in [0, 0.1) is 5.92 Å². The van der Waals surface area contributed by atoms with E-state index in [0.717, 1.165) is 12.8 Å². The molecule has 1 aliphatic rings. The molecule has 0 heterocycles. The third-order valence-corrected chi connectivity index (χ3v) is 5.45. The molecule has 2 N–H and O–H groups in total. The Morgan fingerprint density at radius 1 is 1.38 bits per heavy atom. The van der Waals surface area contributed by atoms with E-state index in [-0.39, 0.29) is 18.4 Å². The second-order valence-corrected chi connectivity index (χ2v) is 6.60. The zero-order chi connectivity index (χ0) is 11.5. The van der Waals surface area contributed by atoms with E-state index in [9.17, 15) is 8.42 Å². The van der Waals surface area contributed by atoms with Crippen LogP contribution in [0.3, 0.4) is 0 Å². The minimum atomic E-state index is -3.10. The molecule has 1 atom stereocenters. The number of rotatable bonds is 5. The molecule has 6 heteroatoms. The fourth-order valence-corrected chi connectivity index (χ4v) is 3.81. The first-order valence-electron chi connectivity index (χ1n) is 5.63. The van der Waals surface area contributed by atoms with Crippen LogP contribution in [0.4, 0.5) is 0 Å². The summed E-state index contributed by atoms with van der Waals surface area (Å²) in [4.78, 5) is 0. The van der Waals surface area contributed by atoms with Crippen molar-refractivity contribution in [3.63, 3.8) is 0 Å². The molecule has 1 saturated carbocycles. The minimum Gasteiger partial charge on any atom is -0.329 e. The van der Waals surface area contributed by atoms with E-state index in [4.69, 9.17) is 5.73 Å². The van der Waals surface area contributed by atoms with Crippen LogP contribution in [0.25, 0.3) is 0 Å². The van der Waals surface area contributed by atoms with Crippen LogP contribution in [-0.2, 0) is 10.0 Å². The second-order valence-electron chi connectivity index (χ2n) is 4.53. The van der Waals surface area contributed by atoms with E-state index in [1.165, 1.54) is 17.1 Å². The van der Waals surface area contributed by atoms with Crippen molar-refractivity contribution in [3.05, 3.63) is 0 Å². The van der Waals surface area contributed by atoms with Gasteiger partial charge in [-0.1, -0.05) is 12.8 Å². The first-order chi connectivity index (χ1) is 6.97. The Hall–Kier alpha value is 0.160.